The van der Waals surface area contributed by atoms with Crippen molar-refractivity contribution < 1.29 is 9.53 Å². The molecule has 150 valence electrons. The van der Waals surface area contributed by atoms with E-state index in [1.807, 2.05) is 59.3 Å². The van der Waals surface area contributed by atoms with Crippen LogP contribution in [-0.2, 0) is 11.3 Å². The molecule has 6 heteroatoms. The highest BCUT2D eigenvalue weighted by Gasteiger charge is 2.25. The minimum absolute atomic E-state index is 0.0758. The quantitative estimate of drug-likeness (QED) is 0.701. The van der Waals surface area contributed by atoms with Gasteiger partial charge in [-0.15, -0.1) is 0 Å². The van der Waals surface area contributed by atoms with Crippen LogP contribution in [0.15, 0.2) is 60.8 Å². The third kappa shape index (κ3) is 4.32. The van der Waals surface area contributed by atoms with Gasteiger partial charge in [-0.05, 0) is 43.7 Å². The van der Waals surface area contributed by atoms with Crippen LogP contribution in [0, 0.1) is 5.92 Å². The molecule has 0 saturated carbocycles. The van der Waals surface area contributed by atoms with E-state index < -0.39 is 0 Å². The lowest BCUT2D eigenvalue weighted by molar-refractivity contribution is -0.123. The summed E-state index contributed by atoms with van der Waals surface area (Å²) in [5, 5.41) is 4.89. The summed E-state index contributed by atoms with van der Waals surface area (Å²) in [7, 11) is 1.67. The molecule has 1 fully saturated rings. The van der Waals surface area contributed by atoms with E-state index in [1.165, 1.54) is 0 Å². The van der Waals surface area contributed by atoms with E-state index in [1.54, 1.807) is 7.11 Å². The smallest absolute Gasteiger partial charge is 0.221 e. The van der Waals surface area contributed by atoms with Gasteiger partial charge in [0.2, 0.25) is 5.91 Å². The van der Waals surface area contributed by atoms with Crippen LogP contribution in [0.2, 0.25) is 0 Å². The summed E-state index contributed by atoms with van der Waals surface area (Å²) < 4.78 is 7.32. The van der Waals surface area contributed by atoms with E-state index in [0.717, 1.165) is 54.2 Å². The van der Waals surface area contributed by atoms with Gasteiger partial charge in [-0.25, -0.2) is 4.68 Å². The maximum absolute atomic E-state index is 11.7. The number of rotatable bonds is 6. The first-order valence-corrected chi connectivity index (χ1v) is 9.94. The van der Waals surface area contributed by atoms with Gasteiger partial charge in [0.15, 0.2) is 0 Å². The lowest BCUT2D eigenvalue weighted by Gasteiger charge is -2.31. The average molecular weight is 390 g/mol. The van der Waals surface area contributed by atoms with Crippen molar-refractivity contribution in [3.05, 3.63) is 66.4 Å². The Hall–Kier alpha value is -3.12. The molecule has 0 unspecified atom stereocenters. The van der Waals surface area contributed by atoms with E-state index in [9.17, 15) is 4.79 Å². The fraction of sp³-hybridized carbons (Fsp3) is 0.304. The summed E-state index contributed by atoms with van der Waals surface area (Å²) in [6.45, 7) is 2.38. The highest BCUT2D eigenvalue weighted by atomic mass is 16.5. The second-order valence-corrected chi connectivity index (χ2v) is 7.49. The predicted molar refractivity (Wildman–Crippen MR) is 113 cm³/mol. The maximum atomic E-state index is 11.7. The summed E-state index contributed by atoms with van der Waals surface area (Å²) >= 11 is 0. The fourth-order valence-electron chi connectivity index (χ4n) is 3.92. The molecule has 1 aliphatic rings. The molecule has 0 spiro atoms. The van der Waals surface area contributed by atoms with Crippen molar-refractivity contribution in [1.29, 1.82) is 0 Å². The number of benzene rings is 2. The third-order valence-corrected chi connectivity index (χ3v) is 5.46. The number of para-hydroxylation sites is 1. The molecule has 1 amide bonds. The number of hydrogen-bond donors (Lipinski definition) is 1. The highest BCUT2D eigenvalue weighted by Crippen LogP contribution is 2.29. The number of carbonyl (C=O) groups is 1. The van der Waals surface area contributed by atoms with E-state index in [2.05, 4.69) is 11.1 Å². The van der Waals surface area contributed by atoms with Gasteiger partial charge in [0.1, 0.15) is 5.75 Å². The molecular weight excluding hydrogens is 364 g/mol. The minimum atomic E-state index is -0.206. The van der Waals surface area contributed by atoms with Gasteiger partial charge >= 0.3 is 0 Å². The third-order valence-electron chi connectivity index (χ3n) is 5.46. The number of primary amides is 1. The number of likely N-dealkylation sites (tertiary alicyclic amines) is 1. The Morgan fingerprint density at radius 2 is 2.03 bits per heavy atom. The first-order valence-electron chi connectivity index (χ1n) is 9.94. The number of methoxy groups -OCH3 is 1. The van der Waals surface area contributed by atoms with Gasteiger partial charge in [0, 0.05) is 30.4 Å². The normalized spacial score (nSPS) is 17.2. The largest absolute Gasteiger partial charge is 0.497 e. The molecule has 0 radical (unpaired) electrons. The molecule has 29 heavy (non-hydrogen) atoms. The summed E-state index contributed by atoms with van der Waals surface area (Å²) in [6.07, 6.45) is 3.94. The van der Waals surface area contributed by atoms with E-state index in [-0.39, 0.29) is 11.8 Å². The van der Waals surface area contributed by atoms with Crippen molar-refractivity contribution >= 4 is 5.91 Å². The van der Waals surface area contributed by atoms with Gasteiger partial charge < -0.3 is 10.5 Å². The SMILES string of the molecule is COc1cccc(-c2nn(-c3ccccc3)cc2CN2CCC[C@@H](C(N)=O)C2)c1. The number of piperidine rings is 1. The molecule has 1 aliphatic heterocycles. The first-order chi connectivity index (χ1) is 14.1. The highest BCUT2D eigenvalue weighted by molar-refractivity contribution is 5.77. The monoisotopic (exact) mass is 390 g/mol. The van der Waals surface area contributed by atoms with E-state index >= 15 is 0 Å². The fourth-order valence-corrected chi connectivity index (χ4v) is 3.92. The Bertz CT molecular complexity index is 984. The van der Waals surface area contributed by atoms with Crippen molar-refractivity contribution in [3.8, 4) is 22.7 Å². The van der Waals surface area contributed by atoms with Crippen LogP contribution >= 0.6 is 0 Å². The predicted octanol–water partition coefficient (Wildman–Crippen LogP) is 3.25. The van der Waals surface area contributed by atoms with Gasteiger partial charge in [-0.2, -0.15) is 5.10 Å². The Labute approximate surface area is 170 Å². The zero-order valence-corrected chi connectivity index (χ0v) is 16.6. The topological polar surface area (TPSA) is 73.4 Å². The molecule has 1 saturated heterocycles. The van der Waals surface area contributed by atoms with Gasteiger partial charge in [-0.3, -0.25) is 9.69 Å². The molecule has 1 aromatic heterocycles. The number of hydrogen-bond acceptors (Lipinski definition) is 4. The van der Waals surface area contributed by atoms with Crippen LogP contribution in [0.3, 0.4) is 0 Å². The number of nitrogens with zero attached hydrogens (tertiary/aromatic N) is 3. The lowest BCUT2D eigenvalue weighted by atomic mass is 9.97. The molecule has 2 heterocycles. The van der Waals surface area contributed by atoms with Crippen molar-refractivity contribution in [2.45, 2.75) is 19.4 Å². The summed E-state index contributed by atoms with van der Waals surface area (Å²) in [5.74, 6) is 0.519. The number of nitrogens with two attached hydrogens (primary N) is 1. The summed E-state index contributed by atoms with van der Waals surface area (Å²) in [6, 6.07) is 18.0. The molecule has 6 nitrogen and oxygen atoms in total. The molecule has 0 bridgehead atoms. The van der Waals surface area contributed by atoms with Crippen molar-refractivity contribution in [1.82, 2.24) is 14.7 Å². The minimum Gasteiger partial charge on any atom is -0.497 e. The second kappa shape index (κ2) is 8.49. The Kier molecular flexibility index (Phi) is 5.62. The van der Waals surface area contributed by atoms with Crippen LogP contribution in [0.5, 0.6) is 5.75 Å². The van der Waals surface area contributed by atoms with E-state index in [0.29, 0.717) is 6.54 Å². The Morgan fingerprint density at radius 1 is 1.21 bits per heavy atom. The van der Waals surface area contributed by atoms with Crippen molar-refractivity contribution in [2.75, 3.05) is 20.2 Å². The standard InChI is InChI=1S/C23H26N4O2/c1-29-21-11-5-7-17(13-21)22-19(15-26-12-6-8-18(14-26)23(24)28)16-27(25-22)20-9-3-2-4-10-20/h2-5,7,9-11,13,16,18H,6,8,12,14-15H2,1H3,(H2,24,28)/t18-/m1/s1. The molecular formula is C23H26N4O2. The van der Waals surface area contributed by atoms with Gasteiger partial charge in [0.05, 0.1) is 24.4 Å². The zero-order valence-electron chi connectivity index (χ0n) is 16.6. The van der Waals surface area contributed by atoms with Crippen LogP contribution in [0.4, 0.5) is 0 Å². The Morgan fingerprint density at radius 3 is 2.79 bits per heavy atom. The Balaban J connectivity index is 1.69. The van der Waals surface area contributed by atoms with Gasteiger partial charge in [0.25, 0.3) is 0 Å². The summed E-state index contributed by atoms with van der Waals surface area (Å²) in [4.78, 5) is 14.0. The lowest BCUT2D eigenvalue weighted by Crippen LogP contribution is -2.40. The number of ether oxygens (including phenoxy) is 1. The molecule has 4 rings (SSSR count). The van der Waals surface area contributed by atoms with Crippen molar-refractivity contribution in [3.63, 3.8) is 0 Å². The molecule has 2 aromatic carbocycles. The van der Waals surface area contributed by atoms with Crippen LogP contribution < -0.4 is 10.5 Å². The van der Waals surface area contributed by atoms with Crippen LogP contribution in [0.25, 0.3) is 16.9 Å². The molecule has 2 N–H and O–H groups in total. The number of amides is 1. The summed E-state index contributed by atoms with van der Waals surface area (Å²) in [5.41, 5.74) is 9.62. The molecule has 1 atom stereocenters. The van der Waals surface area contributed by atoms with Gasteiger partial charge in [-0.1, -0.05) is 30.3 Å². The average Bonchev–Trinajstić information content (AvgIpc) is 3.18. The molecule has 3 aromatic rings. The molecule has 0 aliphatic carbocycles. The zero-order chi connectivity index (χ0) is 20.2. The first kappa shape index (κ1) is 19.2. The maximum Gasteiger partial charge on any atom is 0.221 e. The second-order valence-electron chi connectivity index (χ2n) is 7.49. The number of carbonyl (C=O) groups excluding carboxylic acids is 1. The van der Waals surface area contributed by atoms with Crippen LogP contribution in [0.1, 0.15) is 18.4 Å². The van der Waals surface area contributed by atoms with Crippen molar-refractivity contribution in [2.24, 2.45) is 11.7 Å². The van der Waals surface area contributed by atoms with Crippen LogP contribution in [-0.4, -0.2) is 40.8 Å². The van der Waals surface area contributed by atoms with E-state index in [4.69, 9.17) is 15.6 Å². The number of aromatic nitrogens is 2.